The number of hydrogen-bond donors (Lipinski definition) is 1. The van der Waals surface area contributed by atoms with Crippen LogP contribution >= 0.6 is 0 Å². The van der Waals surface area contributed by atoms with Crippen LogP contribution in [0.15, 0.2) is 0 Å². The topological polar surface area (TPSA) is 20.2 Å². The molecule has 1 nitrogen and oxygen atoms in total. The van der Waals surface area contributed by atoms with E-state index in [4.69, 9.17) is 0 Å². The minimum Gasteiger partial charge on any atom is -0.393 e. The van der Waals surface area contributed by atoms with Gasteiger partial charge >= 0.3 is 0 Å². The van der Waals surface area contributed by atoms with Gasteiger partial charge in [0.05, 0.1) is 6.10 Å². The van der Waals surface area contributed by atoms with Crippen LogP contribution in [0.2, 0.25) is 0 Å². The Labute approximate surface area is 57.1 Å². The zero-order valence-corrected chi connectivity index (χ0v) is 6.14. The van der Waals surface area contributed by atoms with Crippen molar-refractivity contribution in [3.05, 3.63) is 0 Å². The van der Waals surface area contributed by atoms with E-state index in [1.54, 1.807) is 0 Å². The zero-order valence-electron chi connectivity index (χ0n) is 6.14. The fraction of sp³-hybridized carbons (Fsp3) is 1.00. The van der Waals surface area contributed by atoms with Gasteiger partial charge in [0.25, 0.3) is 0 Å². The van der Waals surface area contributed by atoms with Crippen LogP contribution in [0.5, 0.6) is 0 Å². The molecule has 1 heteroatoms. The highest BCUT2D eigenvalue weighted by Gasteiger charge is 2.19. The Hall–Kier alpha value is -0.0400. The van der Waals surface area contributed by atoms with Crippen LogP contribution in [-0.4, -0.2) is 11.2 Å². The molecule has 0 aromatic rings. The summed E-state index contributed by atoms with van der Waals surface area (Å²) in [5.74, 6) is 0.861. The lowest BCUT2D eigenvalue weighted by Gasteiger charge is -2.26. The maximum absolute atomic E-state index is 9.19. The lowest BCUT2D eigenvalue weighted by molar-refractivity contribution is 0.114. The lowest BCUT2D eigenvalue weighted by Crippen LogP contribution is -2.18. The molecule has 0 spiro atoms. The lowest BCUT2D eigenvalue weighted by atomic mass is 9.81. The van der Waals surface area contributed by atoms with E-state index >= 15 is 0 Å². The molecule has 0 radical (unpaired) electrons. The molecule has 0 saturated heterocycles. The Balaban J connectivity index is 2.01. The molecule has 0 bridgehead atoms. The molecular weight excluding hydrogens is 112 g/mol. The molecule has 0 heterocycles. The molecule has 1 rings (SSSR count). The summed E-state index contributed by atoms with van der Waals surface area (Å²) in [7, 11) is 0. The second kappa shape index (κ2) is 3.21. The summed E-state index contributed by atoms with van der Waals surface area (Å²) in [6.45, 7) is 2.04. The van der Waals surface area contributed by atoms with E-state index < -0.39 is 0 Å². The second-order valence-electron chi connectivity index (χ2n) is 3.09. The van der Waals surface area contributed by atoms with Crippen molar-refractivity contribution in [3.63, 3.8) is 0 Å². The van der Waals surface area contributed by atoms with E-state index in [0.29, 0.717) is 0 Å². The van der Waals surface area contributed by atoms with Crippen molar-refractivity contribution >= 4 is 0 Å². The molecule has 1 N–H and O–H groups in total. The van der Waals surface area contributed by atoms with E-state index in [0.717, 1.165) is 18.8 Å². The predicted octanol–water partition coefficient (Wildman–Crippen LogP) is 1.95. The van der Waals surface area contributed by atoms with Gasteiger partial charge in [0, 0.05) is 0 Å². The van der Waals surface area contributed by atoms with Gasteiger partial charge in [-0.1, -0.05) is 26.2 Å². The van der Waals surface area contributed by atoms with Crippen LogP contribution < -0.4 is 0 Å². The van der Waals surface area contributed by atoms with Crippen LogP contribution in [0.25, 0.3) is 0 Å². The maximum Gasteiger partial charge on any atom is 0.0540 e. The highest BCUT2D eigenvalue weighted by Crippen LogP contribution is 2.30. The first-order valence-electron chi connectivity index (χ1n) is 4.01. The van der Waals surface area contributed by atoms with Crippen LogP contribution in [0, 0.1) is 5.92 Å². The Bertz CT molecular complexity index is 73.9. The molecule has 54 valence electrons. The molecule has 0 aromatic carbocycles. The predicted molar refractivity (Wildman–Crippen MR) is 38.3 cm³/mol. The summed E-state index contributed by atoms with van der Waals surface area (Å²) in [5.41, 5.74) is 0. The van der Waals surface area contributed by atoms with Gasteiger partial charge in [0.2, 0.25) is 0 Å². The molecule has 0 aliphatic heterocycles. The normalized spacial score (nSPS) is 23.3. The largest absolute Gasteiger partial charge is 0.393 e. The molecule has 1 atom stereocenters. The van der Waals surface area contributed by atoms with Gasteiger partial charge in [-0.3, -0.25) is 0 Å². The molecule has 1 fully saturated rings. The highest BCUT2D eigenvalue weighted by molar-refractivity contribution is 4.72. The summed E-state index contributed by atoms with van der Waals surface area (Å²) in [6.07, 6.45) is 6.07. The Morgan fingerprint density at radius 1 is 1.56 bits per heavy atom. The third-order valence-electron chi connectivity index (χ3n) is 2.30. The van der Waals surface area contributed by atoms with Gasteiger partial charge in [-0.25, -0.2) is 0 Å². The maximum atomic E-state index is 9.19. The van der Waals surface area contributed by atoms with Gasteiger partial charge in [-0.05, 0) is 18.8 Å². The third-order valence-corrected chi connectivity index (χ3v) is 2.30. The first-order valence-corrected chi connectivity index (χ1v) is 4.01. The molecule has 1 saturated carbocycles. The smallest absolute Gasteiger partial charge is 0.0540 e. The quantitative estimate of drug-likeness (QED) is 0.616. The molecule has 1 unspecified atom stereocenters. The minimum atomic E-state index is -0.0182. The first kappa shape index (κ1) is 7.07. The van der Waals surface area contributed by atoms with Gasteiger partial charge in [-0.15, -0.1) is 0 Å². The summed E-state index contributed by atoms with van der Waals surface area (Å²) in [5, 5.41) is 9.19. The number of aliphatic hydroxyl groups is 1. The van der Waals surface area contributed by atoms with E-state index in [2.05, 4.69) is 0 Å². The molecule has 9 heavy (non-hydrogen) atoms. The summed E-state index contributed by atoms with van der Waals surface area (Å²) < 4.78 is 0. The average molecular weight is 128 g/mol. The molecule has 1 aliphatic rings. The summed E-state index contributed by atoms with van der Waals surface area (Å²) in [6, 6.07) is 0. The van der Waals surface area contributed by atoms with Crippen LogP contribution in [0.1, 0.15) is 39.0 Å². The van der Waals surface area contributed by atoms with Crippen LogP contribution in [-0.2, 0) is 0 Å². The van der Waals surface area contributed by atoms with Gasteiger partial charge < -0.3 is 5.11 Å². The van der Waals surface area contributed by atoms with Crippen molar-refractivity contribution < 1.29 is 5.11 Å². The average Bonchev–Trinajstić information content (AvgIpc) is 1.78. The third kappa shape index (κ3) is 1.98. The van der Waals surface area contributed by atoms with Crippen molar-refractivity contribution in [2.24, 2.45) is 5.92 Å². The number of rotatable bonds is 3. The fourth-order valence-corrected chi connectivity index (χ4v) is 1.28. The summed E-state index contributed by atoms with van der Waals surface area (Å²) in [4.78, 5) is 0. The number of aliphatic hydroxyl groups excluding tert-OH is 1. The monoisotopic (exact) mass is 128 g/mol. The zero-order chi connectivity index (χ0) is 6.69. The Morgan fingerprint density at radius 2 is 2.22 bits per heavy atom. The number of hydrogen-bond acceptors (Lipinski definition) is 1. The van der Waals surface area contributed by atoms with Gasteiger partial charge in [0.1, 0.15) is 0 Å². The van der Waals surface area contributed by atoms with E-state index in [-0.39, 0.29) is 6.10 Å². The minimum absolute atomic E-state index is 0.0182. The van der Waals surface area contributed by atoms with Crippen molar-refractivity contribution in [1.29, 1.82) is 0 Å². The van der Waals surface area contributed by atoms with E-state index in [1.165, 1.54) is 19.3 Å². The summed E-state index contributed by atoms with van der Waals surface area (Å²) >= 11 is 0. The molecular formula is C8H16O. The second-order valence-corrected chi connectivity index (χ2v) is 3.09. The van der Waals surface area contributed by atoms with Gasteiger partial charge in [-0.2, -0.15) is 0 Å². The molecule has 0 amide bonds. The SMILES string of the molecule is CCC(O)CC1CCC1. The van der Waals surface area contributed by atoms with Crippen molar-refractivity contribution in [3.8, 4) is 0 Å². The fourth-order valence-electron chi connectivity index (χ4n) is 1.28. The van der Waals surface area contributed by atoms with Crippen LogP contribution in [0.4, 0.5) is 0 Å². The van der Waals surface area contributed by atoms with Crippen molar-refractivity contribution in [2.45, 2.75) is 45.1 Å². The van der Waals surface area contributed by atoms with Crippen molar-refractivity contribution in [2.75, 3.05) is 0 Å². The standard InChI is InChI=1S/C8H16O/c1-2-8(9)6-7-4-3-5-7/h7-9H,2-6H2,1H3. The Kier molecular flexibility index (Phi) is 2.52. The molecule has 1 aliphatic carbocycles. The van der Waals surface area contributed by atoms with E-state index in [9.17, 15) is 5.11 Å². The molecule has 0 aromatic heterocycles. The van der Waals surface area contributed by atoms with Gasteiger partial charge in [0.15, 0.2) is 0 Å². The highest BCUT2D eigenvalue weighted by atomic mass is 16.3. The Morgan fingerprint density at radius 3 is 2.56 bits per heavy atom. The van der Waals surface area contributed by atoms with Crippen molar-refractivity contribution in [1.82, 2.24) is 0 Å². The van der Waals surface area contributed by atoms with E-state index in [1.807, 2.05) is 6.92 Å². The van der Waals surface area contributed by atoms with Crippen LogP contribution in [0.3, 0.4) is 0 Å². The first-order chi connectivity index (χ1) is 4.33.